The molecule has 72 valence electrons. The number of nitrogens with one attached hydrogen (secondary N) is 1. The Morgan fingerprint density at radius 2 is 2.54 bits per heavy atom. The number of thiazole rings is 1. The van der Waals surface area contributed by atoms with Gasteiger partial charge >= 0.3 is 0 Å². The Labute approximate surface area is 82.1 Å². The van der Waals surface area contributed by atoms with Crippen LogP contribution in [0.4, 0.5) is 0 Å². The van der Waals surface area contributed by atoms with Crippen molar-refractivity contribution in [1.82, 2.24) is 10.5 Å². The number of hydrogen-bond acceptors (Lipinski definition) is 4. The Balaban J connectivity index is 1.92. The summed E-state index contributed by atoms with van der Waals surface area (Å²) in [5.41, 5.74) is 3.89. The van der Waals surface area contributed by atoms with Crippen LogP contribution in [0.2, 0.25) is 0 Å². The zero-order chi connectivity index (χ0) is 9.10. The van der Waals surface area contributed by atoms with Crippen molar-refractivity contribution in [2.45, 2.75) is 31.7 Å². The van der Waals surface area contributed by atoms with Crippen LogP contribution >= 0.6 is 11.3 Å². The molecule has 1 aliphatic rings. The molecular weight excluding hydrogens is 184 g/mol. The molecule has 0 spiro atoms. The van der Waals surface area contributed by atoms with Gasteiger partial charge in [0.15, 0.2) is 0 Å². The first-order valence-electron chi connectivity index (χ1n) is 4.60. The molecule has 2 rings (SSSR count). The Morgan fingerprint density at radius 1 is 1.69 bits per heavy atom. The second-order valence-corrected chi connectivity index (χ2v) is 4.22. The Kier molecular flexibility index (Phi) is 2.93. The highest BCUT2D eigenvalue weighted by Gasteiger charge is 2.22. The maximum atomic E-state index is 4.77. The molecule has 1 N–H and O–H groups in total. The summed E-state index contributed by atoms with van der Waals surface area (Å²) < 4.78 is 0. The summed E-state index contributed by atoms with van der Waals surface area (Å²) in [6, 6.07) is 0. The van der Waals surface area contributed by atoms with Crippen molar-refractivity contribution in [3.63, 3.8) is 0 Å². The highest BCUT2D eigenvalue weighted by atomic mass is 32.1. The van der Waals surface area contributed by atoms with Gasteiger partial charge in [0, 0.05) is 11.3 Å². The second-order valence-electron chi connectivity index (χ2n) is 3.33. The normalized spacial score (nSPS) is 17.3. The standard InChI is InChI=1S/C9H14N2OS/c1-12-10-5-8-6-13-9(11-8)7-3-2-4-7/h6-7,10H,2-5H2,1H3. The van der Waals surface area contributed by atoms with Crippen molar-refractivity contribution in [2.24, 2.45) is 0 Å². The molecule has 1 aliphatic carbocycles. The van der Waals surface area contributed by atoms with Gasteiger partial charge in [0.2, 0.25) is 0 Å². The molecule has 0 aliphatic heterocycles. The van der Waals surface area contributed by atoms with E-state index in [0.29, 0.717) is 6.54 Å². The Bertz CT molecular complexity index is 270. The lowest BCUT2D eigenvalue weighted by Gasteiger charge is -2.22. The average molecular weight is 198 g/mol. The van der Waals surface area contributed by atoms with Crippen molar-refractivity contribution < 1.29 is 4.84 Å². The molecule has 3 nitrogen and oxygen atoms in total. The first-order valence-corrected chi connectivity index (χ1v) is 5.48. The fourth-order valence-electron chi connectivity index (χ4n) is 1.39. The van der Waals surface area contributed by atoms with Crippen molar-refractivity contribution in [3.05, 3.63) is 16.1 Å². The van der Waals surface area contributed by atoms with E-state index in [2.05, 4.69) is 15.8 Å². The summed E-state index contributed by atoms with van der Waals surface area (Å²) in [6.07, 6.45) is 4.02. The van der Waals surface area contributed by atoms with E-state index in [1.807, 2.05) is 0 Å². The minimum absolute atomic E-state index is 0.708. The number of rotatable bonds is 4. The predicted octanol–water partition coefficient (Wildman–Crippen LogP) is 2.06. The summed E-state index contributed by atoms with van der Waals surface area (Å²) in [5.74, 6) is 0.751. The fraction of sp³-hybridized carbons (Fsp3) is 0.667. The maximum Gasteiger partial charge on any atom is 0.0959 e. The van der Waals surface area contributed by atoms with Crippen molar-refractivity contribution in [3.8, 4) is 0 Å². The topological polar surface area (TPSA) is 34.1 Å². The zero-order valence-corrected chi connectivity index (χ0v) is 8.56. The smallest absolute Gasteiger partial charge is 0.0959 e. The van der Waals surface area contributed by atoms with Gasteiger partial charge in [-0.1, -0.05) is 6.42 Å². The molecule has 1 fully saturated rings. The average Bonchev–Trinajstić information content (AvgIpc) is 2.46. The van der Waals surface area contributed by atoms with E-state index in [1.54, 1.807) is 18.4 Å². The Hall–Kier alpha value is -0.450. The minimum atomic E-state index is 0.708. The SMILES string of the molecule is CONCc1csc(C2CCC2)n1. The maximum absolute atomic E-state index is 4.77. The van der Waals surface area contributed by atoms with Crippen LogP contribution in [0, 0.1) is 0 Å². The molecule has 0 saturated heterocycles. The van der Waals surface area contributed by atoms with Gasteiger partial charge < -0.3 is 4.84 Å². The van der Waals surface area contributed by atoms with Gasteiger partial charge in [-0.25, -0.2) is 4.98 Å². The van der Waals surface area contributed by atoms with E-state index in [0.717, 1.165) is 11.6 Å². The van der Waals surface area contributed by atoms with Crippen LogP contribution in [0.15, 0.2) is 5.38 Å². The molecule has 0 atom stereocenters. The largest absolute Gasteiger partial charge is 0.305 e. The monoisotopic (exact) mass is 198 g/mol. The molecule has 13 heavy (non-hydrogen) atoms. The van der Waals surface area contributed by atoms with Crippen molar-refractivity contribution in [1.29, 1.82) is 0 Å². The molecule has 4 heteroatoms. The van der Waals surface area contributed by atoms with E-state index in [4.69, 9.17) is 4.84 Å². The summed E-state index contributed by atoms with van der Waals surface area (Å²) in [4.78, 5) is 9.32. The molecule has 1 aromatic rings. The molecule has 1 saturated carbocycles. The number of aromatic nitrogens is 1. The van der Waals surface area contributed by atoms with E-state index >= 15 is 0 Å². The van der Waals surface area contributed by atoms with Crippen molar-refractivity contribution in [2.75, 3.05) is 7.11 Å². The first kappa shape index (κ1) is 9.12. The molecule has 0 bridgehead atoms. The van der Waals surface area contributed by atoms with E-state index < -0.39 is 0 Å². The lowest BCUT2D eigenvalue weighted by Crippen LogP contribution is -2.12. The Morgan fingerprint density at radius 3 is 3.15 bits per heavy atom. The molecular formula is C9H14N2OS. The van der Waals surface area contributed by atoms with Gasteiger partial charge in [-0.3, -0.25) is 0 Å². The van der Waals surface area contributed by atoms with Gasteiger partial charge in [0.25, 0.3) is 0 Å². The summed E-state index contributed by atoms with van der Waals surface area (Å²) in [6.45, 7) is 0.708. The second kappa shape index (κ2) is 4.17. The molecule has 0 radical (unpaired) electrons. The molecule has 0 amide bonds. The number of hydrogen-bond donors (Lipinski definition) is 1. The highest BCUT2D eigenvalue weighted by molar-refractivity contribution is 7.09. The van der Waals surface area contributed by atoms with Crippen LogP contribution in [0.1, 0.15) is 35.9 Å². The predicted molar refractivity (Wildman–Crippen MR) is 52.6 cm³/mol. The highest BCUT2D eigenvalue weighted by Crippen LogP contribution is 2.37. The van der Waals surface area contributed by atoms with Crippen LogP contribution < -0.4 is 5.48 Å². The summed E-state index contributed by atoms with van der Waals surface area (Å²) in [7, 11) is 1.62. The lowest BCUT2D eigenvalue weighted by molar-refractivity contribution is 0.0859. The van der Waals surface area contributed by atoms with Crippen molar-refractivity contribution >= 4 is 11.3 Å². The van der Waals surface area contributed by atoms with Crippen LogP contribution in [0.3, 0.4) is 0 Å². The van der Waals surface area contributed by atoms with Gasteiger partial charge in [0.05, 0.1) is 24.4 Å². The van der Waals surface area contributed by atoms with Crippen LogP contribution in [0.25, 0.3) is 0 Å². The fourth-order valence-corrected chi connectivity index (χ4v) is 2.38. The van der Waals surface area contributed by atoms with Gasteiger partial charge in [-0.2, -0.15) is 5.48 Å². The third-order valence-electron chi connectivity index (χ3n) is 2.42. The quantitative estimate of drug-likeness (QED) is 0.752. The zero-order valence-electron chi connectivity index (χ0n) is 7.75. The van der Waals surface area contributed by atoms with E-state index in [1.165, 1.54) is 24.3 Å². The molecule has 0 unspecified atom stereocenters. The van der Waals surface area contributed by atoms with Crippen LogP contribution in [-0.4, -0.2) is 12.1 Å². The third-order valence-corrected chi connectivity index (χ3v) is 3.48. The lowest BCUT2D eigenvalue weighted by atomic mass is 9.86. The van der Waals surface area contributed by atoms with Gasteiger partial charge in [-0.05, 0) is 12.8 Å². The van der Waals surface area contributed by atoms with Crippen LogP contribution in [0.5, 0.6) is 0 Å². The van der Waals surface area contributed by atoms with Gasteiger partial charge in [0.1, 0.15) is 0 Å². The molecule has 1 heterocycles. The number of nitrogens with zero attached hydrogens (tertiary/aromatic N) is 1. The first-order chi connectivity index (χ1) is 6.40. The van der Waals surface area contributed by atoms with E-state index in [9.17, 15) is 0 Å². The number of hydroxylamine groups is 1. The summed E-state index contributed by atoms with van der Waals surface area (Å²) in [5, 5.41) is 3.42. The molecule has 0 aromatic carbocycles. The van der Waals surface area contributed by atoms with Gasteiger partial charge in [-0.15, -0.1) is 11.3 Å². The minimum Gasteiger partial charge on any atom is -0.305 e. The summed E-state index contributed by atoms with van der Waals surface area (Å²) >= 11 is 1.78. The molecule has 1 aromatic heterocycles. The van der Waals surface area contributed by atoms with Crippen LogP contribution in [-0.2, 0) is 11.4 Å². The third kappa shape index (κ3) is 2.07. The van der Waals surface area contributed by atoms with E-state index in [-0.39, 0.29) is 0 Å².